The summed E-state index contributed by atoms with van der Waals surface area (Å²) in [6.07, 6.45) is -5.30. The number of ether oxygens (including phenoxy) is 3. The van der Waals surface area contributed by atoms with Crippen molar-refractivity contribution in [2.24, 2.45) is 5.92 Å². The molecule has 0 amide bonds. The maximum Gasteiger partial charge on any atom is 0.452 e. The zero-order valence-corrected chi connectivity index (χ0v) is 71.5. The Kier molecular flexibility index (Phi) is 27.4. The number of halogens is 6. The number of β-amino-alcohol motifs (C(OH)–C–C–N with tert-alkyl or cyclic N) is 4. The van der Waals surface area contributed by atoms with E-state index in [2.05, 4.69) is 224 Å². The molecule has 22 nitrogen and oxygen atoms in total. The lowest BCUT2D eigenvalue weighted by Gasteiger charge is -2.46. The number of rotatable bonds is 6. The van der Waals surface area contributed by atoms with Gasteiger partial charge >= 0.3 is 42.5 Å². The van der Waals surface area contributed by atoms with Crippen LogP contribution in [0.3, 0.4) is 0 Å². The van der Waals surface area contributed by atoms with Gasteiger partial charge in [0.05, 0.1) is 41.1 Å². The van der Waals surface area contributed by atoms with E-state index in [4.69, 9.17) is 43.0 Å². The fourth-order valence-electron chi connectivity index (χ4n) is 15.2. The van der Waals surface area contributed by atoms with E-state index in [9.17, 15) is 52.8 Å². The van der Waals surface area contributed by atoms with Crippen molar-refractivity contribution in [1.82, 2.24) is 5.32 Å². The van der Waals surface area contributed by atoms with Crippen LogP contribution in [0.4, 0.5) is 35.9 Å². The summed E-state index contributed by atoms with van der Waals surface area (Å²) in [6.45, 7) is 37.9. The number of hydrogen-bond donors (Lipinski definition) is 5. The first-order valence-corrected chi connectivity index (χ1v) is 45.0. The second-order valence-corrected chi connectivity index (χ2v) is 44.3. The molecule has 0 aromatic heterocycles. The molecule has 612 valence electrons. The highest BCUT2D eigenvalue weighted by molar-refractivity contribution is 9.10. The molecule has 5 N–H and O–H groups in total. The lowest BCUT2D eigenvalue weighted by molar-refractivity contribution is -0.193. The molecule has 0 aliphatic carbocycles. The molecule has 5 saturated heterocycles. The Morgan fingerprint density at radius 2 is 0.817 bits per heavy atom. The summed E-state index contributed by atoms with van der Waals surface area (Å²) in [5.41, 5.74) is 12.2. The van der Waals surface area contributed by atoms with E-state index < -0.39 is 49.7 Å². The number of alkyl halides is 5. The Balaban J connectivity index is 0.000000180. The van der Waals surface area contributed by atoms with Gasteiger partial charge < -0.3 is 59.6 Å². The van der Waals surface area contributed by atoms with Crippen molar-refractivity contribution < 1.29 is 95.8 Å². The minimum atomic E-state index is -4.92. The van der Waals surface area contributed by atoms with Crippen LogP contribution < -0.4 is 45.7 Å². The third kappa shape index (κ3) is 18.9. The first kappa shape index (κ1) is 90.0. The Bertz CT molecular complexity index is 4750. The van der Waals surface area contributed by atoms with Gasteiger partial charge in [0.1, 0.15) is 21.7 Å². The number of esters is 3. The zero-order chi connectivity index (χ0) is 85.2. The van der Waals surface area contributed by atoms with Gasteiger partial charge in [-0.15, -0.1) is 0 Å². The highest BCUT2D eigenvalue weighted by Crippen LogP contribution is 2.52. The number of aliphatic hydroxyl groups excluding tert-OH is 4. The lowest BCUT2D eigenvalue weighted by atomic mass is 9.76. The molecular formula is C85H95BrCl2F3N5O17Si2. The molecule has 2 spiro atoms. The zero-order valence-electron chi connectivity index (χ0n) is 66.4. The lowest BCUT2D eigenvalue weighted by Crippen LogP contribution is -2.64. The predicted octanol–water partition coefficient (Wildman–Crippen LogP) is 9.69. The van der Waals surface area contributed by atoms with Gasteiger partial charge in [0.15, 0.2) is 16.0 Å². The molecule has 5 fully saturated rings. The number of carbonyl (C=O) groups excluding carboxylic acids is 10. The van der Waals surface area contributed by atoms with Crippen molar-refractivity contribution in [2.75, 3.05) is 85.0 Å². The SMILES string of the molecule is CC(C)(C)OC(=O)c1ccc(C(C)(C)C)cc1Br.CC(C)(C)c1ccc2c(c1)C1(OC2=O)c2ccc(N3CC(O)C3)cc2[Si](C)(C)c2cc(N3CC(O)C3)ccc21.CC1CNC1.C[Si]1(C)c2cc(N3CC(O)C3)ccc2C2(OC(=O)c3ccccc32)c2ccc(N3CC(O)C3)cc21.O=C(C(Cl)Cl)C(F)(F)F.O=C=O.O=C=O.O=C=O. The molecule has 115 heavy (non-hydrogen) atoms. The van der Waals surface area contributed by atoms with Gasteiger partial charge in [-0.3, -0.25) is 4.79 Å². The maximum atomic E-state index is 13.5. The number of nitrogens with one attached hydrogen (secondary N) is 1. The molecule has 9 aliphatic rings. The number of aliphatic hydroxyl groups is 4. The van der Waals surface area contributed by atoms with E-state index in [0.717, 1.165) is 66.5 Å². The molecule has 30 heteroatoms. The topological polar surface area (TPSA) is 304 Å². The summed E-state index contributed by atoms with van der Waals surface area (Å²) in [6, 6.07) is 45.9. The molecule has 9 heterocycles. The first-order chi connectivity index (χ1) is 53.7. The van der Waals surface area contributed by atoms with Crippen LogP contribution in [0.2, 0.25) is 26.2 Å². The van der Waals surface area contributed by atoms with Gasteiger partial charge in [-0.25, -0.2) is 14.4 Å². The molecule has 7 aromatic carbocycles. The highest BCUT2D eigenvalue weighted by Gasteiger charge is 2.59. The van der Waals surface area contributed by atoms with E-state index in [1.54, 1.807) is 0 Å². The van der Waals surface area contributed by atoms with Crippen LogP contribution in [0.15, 0.2) is 138 Å². The van der Waals surface area contributed by atoms with E-state index in [0.29, 0.717) is 69.0 Å². The normalized spacial score (nSPS) is 18.0. The fraction of sp³-hybridized carbons (Fsp3) is 0.424. The smallest absolute Gasteiger partial charge is 0.452 e. The summed E-state index contributed by atoms with van der Waals surface area (Å²) in [5.74, 6) is -2.05. The molecule has 16 rings (SSSR count). The van der Waals surface area contributed by atoms with Crippen molar-refractivity contribution in [1.29, 1.82) is 0 Å². The average Bonchev–Trinajstić information content (AvgIpc) is 1.62. The van der Waals surface area contributed by atoms with Gasteiger partial charge in [-0.05, 0) is 177 Å². The Hall–Kier alpha value is -8.96. The van der Waals surface area contributed by atoms with Gasteiger partial charge in [-0.2, -0.15) is 41.9 Å². The van der Waals surface area contributed by atoms with E-state index in [1.165, 1.54) is 45.0 Å². The van der Waals surface area contributed by atoms with E-state index in [-0.39, 0.29) is 71.6 Å². The minimum Gasteiger partial charge on any atom is -0.456 e. The standard InChI is InChI=1S/C32H36N2O4Si.C28H28N2O4Si.C15H21BrO2.C4H9N.C3HCl2F3O.3CO2/c1-31(2,3)19-6-9-24-27(12-19)32(38-30(24)37)25-10-7-20(33-15-22(35)16-33)13-28(25)39(4,5)29-14-21(8-11-26(29)32)34-17-23(36)18-34;1-35(2)25-11-17(29-13-19(31)14-29)7-9-23(25)28(22-6-4-3-5-21(22)27(33)34-28)24-10-8-18(12-26(24)35)30-15-20(32)16-30;1-14(2,3)10-7-8-11(12(16)9-10)13(17)18-15(4,5)6;1-4-2-5-3-4;4-2(5)1(9)3(6,7)8;3*2-1-3/h6-14,22-23,35-36H,15-18H2,1-5H3;3-12,19-20,31-32H,13-16H2,1-2H3;7-9H,1-6H3;4-5H,2-3H2,1H3;2H;;;. The van der Waals surface area contributed by atoms with Crippen molar-refractivity contribution in [3.8, 4) is 0 Å². The Morgan fingerprint density at radius 1 is 0.504 bits per heavy atom. The number of fused-ring (bicyclic) bond motifs is 12. The molecule has 0 saturated carbocycles. The van der Waals surface area contributed by atoms with Gasteiger partial charge in [0, 0.05) is 113 Å². The molecule has 7 aromatic rings. The van der Waals surface area contributed by atoms with E-state index >= 15 is 0 Å². The summed E-state index contributed by atoms with van der Waals surface area (Å²) in [4.78, 5) is 104. The molecule has 0 radical (unpaired) electrons. The largest absolute Gasteiger partial charge is 0.456 e. The number of carbonyl (C=O) groups is 4. The van der Waals surface area contributed by atoms with Crippen LogP contribution in [0.25, 0.3) is 0 Å². The number of anilines is 4. The van der Waals surface area contributed by atoms with Crippen molar-refractivity contribution in [3.63, 3.8) is 0 Å². The monoisotopic (exact) mass is 1720 g/mol. The third-order valence-corrected chi connectivity index (χ3v) is 29.6. The minimum absolute atomic E-state index is 0.0645. The third-order valence-electron chi connectivity index (χ3n) is 21.6. The van der Waals surface area contributed by atoms with E-state index in [1.807, 2.05) is 69.3 Å². The second-order valence-electron chi connectivity index (χ2n) is 33.7. The Labute approximate surface area is 686 Å². The van der Waals surface area contributed by atoms with Crippen LogP contribution in [0, 0.1) is 5.92 Å². The van der Waals surface area contributed by atoms with Crippen molar-refractivity contribution in [3.05, 3.63) is 199 Å². The average molecular weight is 1720 g/mol. The summed E-state index contributed by atoms with van der Waals surface area (Å²) in [5, 5.41) is 47.9. The first-order valence-electron chi connectivity index (χ1n) is 37.3. The number of ketones is 1. The second kappa shape index (κ2) is 35.1. The van der Waals surface area contributed by atoms with Gasteiger partial charge in [0.2, 0.25) is 0 Å². The molecule has 9 aliphatic heterocycles. The molecule has 0 atom stereocenters. The summed E-state index contributed by atoms with van der Waals surface area (Å²) >= 11 is 12.7. The molecule has 0 unspecified atom stereocenters. The van der Waals surface area contributed by atoms with Crippen LogP contribution in [-0.4, -0.2) is 185 Å². The van der Waals surface area contributed by atoms with Crippen LogP contribution >= 0.6 is 39.1 Å². The van der Waals surface area contributed by atoms with Gasteiger partial charge in [-0.1, -0.05) is 152 Å². The number of Topliss-reactive ketones (excluding diaryl/α,β-unsaturated/α-hetero) is 1. The molecular weight excluding hydrogens is 1630 g/mol. The highest BCUT2D eigenvalue weighted by atomic mass is 79.9. The Morgan fingerprint density at radius 3 is 1.10 bits per heavy atom. The van der Waals surface area contributed by atoms with Crippen molar-refractivity contribution >= 4 is 141 Å². The number of hydrogen-bond acceptors (Lipinski definition) is 22. The van der Waals surface area contributed by atoms with Crippen LogP contribution in [0.1, 0.15) is 145 Å². The van der Waals surface area contributed by atoms with Crippen LogP contribution in [0.5, 0.6) is 0 Å². The van der Waals surface area contributed by atoms with Crippen LogP contribution in [-0.2, 0) is 69.8 Å². The maximum absolute atomic E-state index is 13.5. The molecule has 0 bridgehead atoms. The van der Waals surface area contributed by atoms with Gasteiger partial charge in [0.25, 0.3) is 5.78 Å². The fourth-order valence-corrected chi connectivity index (χ4v) is 22.4. The number of nitrogens with zero attached hydrogens (tertiary/aromatic N) is 4. The predicted molar refractivity (Wildman–Crippen MR) is 436 cm³/mol. The number of benzene rings is 7. The summed E-state index contributed by atoms with van der Waals surface area (Å²) < 4.78 is 52.7. The summed E-state index contributed by atoms with van der Waals surface area (Å²) in [7, 11) is -4.46. The van der Waals surface area contributed by atoms with Crippen molar-refractivity contribution in [2.45, 2.75) is 158 Å². The quantitative estimate of drug-likeness (QED) is 0.0448.